The number of fused-ring (bicyclic) bond motifs is 3. The Morgan fingerprint density at radius 3 is 2.71 bits per heavy atom. The Morgan fingerprint density at radius 1 is 1.19 bits per heavy atom. The fourth-order valence-corrected chi connectivity index (χ4v) is 2.16. The van der Waals surface area contributed by atoms with Crippen molar-refractivity contribution in [2.24, 2.45) is 0 Å². The van der Waals surface area contributed by atoms with Gasteiger partial charge in [0.15, 0.2) is 11.3 Å². The van der Waals surface area contributed by atoms with E-state index in [1.54, 1.807) is 6.07 Å². The van der Waals surface area contributed by atoms with Crippen molar-refractivity contribution in [2.45, 2.75) is 13.0 Å². The van der Waals surface area contributed by atoms with Crippen molar-refractivity contribution >= 4 is 33.6 Å². The highest BCUT2D eigenvalue weighted by molar-refractivity contribution is 6.12. The monoisotopic (exact) mass is 284 g/mol. The van der Waals surface area contributed by atoms with Gasteiger partial charge in [0.1, 0.15) is 6.04 Å². The number of nitrogens with one attached hydrogen (secondary N) is 1. The third kappa shape index (κ3) is 2.20. The maximum absolute atomic E-state index is 12.1. The number of amides is 1. The summed E-state index contributed by atoms with van der Waals surface area (Å²) in [5.74, 6) is -1.68. The standard InChI is InChI=1S/C15H12N2O4/c1-8(15(19)20)16-14(18)12-11-7-6-9-4-2-3-5-10(9)13(11)21-17-12/h2-8H,1H3,(H,16,18)(H,19,20)/t8-/m0/s1. The first-order chi connectivity index (χ1) is 10.1. The Balaban J connectivity index is 2.06. The lowest BCUT2D eigenvalue weighted by atomic mass is 10.1. The van der Waals surface area contributed by atoms with Gasteiger partial charge in [-0.1, -0.05) is 35.5 Å². The number of hydrogen-bond donors (Lipinski definition) is 2. The lowest BCUT2D eigenvalue weighted by Gasteiger charge is -2.07. The summed E-state index contributed by atoms with van der Waals surface area (Å²) in [6.07, 6.45) is 0. The lowest BCUT2D eigenvalue weighted by Crippen LogP contribution is -2.38. The molecule has 21 heavy (non-hydrogen) atoms. The molecular formula is C15H12N2O4. The Kier molecular flexibility index (Phi) is 3.06. The molecule has 6 nitrogen and oxygen atoms in total. The second-order valence-corrected chi connectivity index (χ2v) is 4.73. The molecule has 0 bridgehead atoms. The topological polar surface area (TPSA) is 92.4 Å². The van der Waals surface area contributed by atoms with E-state index in [9.17, 15) is 9.59 Å². The van der Waals surface area contributed by atoms with Gasteiger partial charge in [-0.25, -0.2) is 0 Å². The van der Waals surface area contributed by atoms with E-state index in [1.165, 1.54) is 6.92 Å². The van der Waals surface area contributed by atoms with E-state index in [0.29, 0.717) is 11.0 Å². The molecular weight excluding hydrogens is 272 g/mol. The highest BCUT2D eigenvalue weighted by Gasteiger charge is 2.21. The minimum Gasteiger partial charge on any atom is -0.480 e. The fraction of sp³-hybridized carbons (Fsp3) is 0.133. The molecule has 3 rings (SSSR count). The number of hydrogen-bond acceptors (Lipinski definition) is 4. The highest BCUT2D eigenvalue weighted by atomic mass is 16.5. The molecule has 0 saturated carbocycles. The first kappa shape index (κ1) is 13.1. The van der Waals surface area contributed by atoms with E-state index in [2.05, 4.69) is 10.5 Å². The molecule has 2 aromatic carbocycles. The number of nitrogens with zero attached hydrogens (tertiary/aromatic N) is 1. The van der Waals surface area contributed by atoms with Crippen molar-refractivity contribution in [3.05, 3.63) is 42.1 Å². The molecule has 3 aromatic rings. The quantitative estimate of drug-likeness (QED) is 0.769. The first-order valence-corrected chi connectivity index (χ1v) is 6.38. The zero-order chi connectivity index (χ0) is 15.0. The van der Waals surface area contributed by atoms with Crippen LogP contribution in [0.25, 0.3) is 21.7 Å². The summed E-state index contributed by atoms with van der Waals surface area (Å²) in [6, 6.07) is 10.2. The molecule has 6 heteroatoms. The summed E-state index contributed by atoms with van der Waals surface area (Å²) in [5, 5.41) is 17.4. The molecule has 0 fully saturated rings. The zero-order valence-electron chi connectivity index (χ0n) is 11.2. The van der Waals surface area contributed by atoms with Gasteiger partial charge < -0.3 is 14.9 Å². The van der Waals surface area contributed by atoms with Crippen LogP contribution in [-0.2, 0) is 4.79 Å². The summed E-state index contributed by atoms with van der Waals surface area (Å²) in [6.45, 7) is 1.39. The van der Waals surface area contributed by atoms with Gasteiger partial charge >= 0.3 is 5.97 Å². The van der Waals surface area contributed by atoms with Crippen molar-refractivity contribution in [1.29, 1.82) is 0 Å². The van der Waals surface area contributed by atoms with Crippen LogP contribution in [0.3, 0.4) is 0 Å². The highest BCUT2D eigenvalue weighted by Crippen LogP contribution is 2.27. The third-order valence-corrected chi connectivity index (χ3v) is 3.30. The molecule has 1 atom stereocenters. The second-order valence-electron chi connectivity index (χ2n) is 4.73. The van der Waals surface area contributed by atoms with Crippen LogP contribution in [0.1, 0.15) is 17.4 Å². The molecule has 1 aromatic heterocycles. The van der Waals surface area contributed by atoms with E-state index in [4.69, 9.17) is 9.63 Å². The van der Waals surface area contributed by atoms with Crippen LogP contribution in [0, 0.1) is 0 Å². The Morgan fingerprint density at radius 2 is 1.95 bits per heavy atom. The van der Waals surface area contributed by atoms with E-state index in [1.807, 2.05) is 30.3 Å². The predicted molar refractivity (Wildman–Crippen MR) is 76.1 cm³/mol. The van der Waals surface area contributed by atoms with Crippen LogP contribution < -0.4 is 5.32 Å². The number of aromatic nitrogens is 1. The van der Waals surface area contributed by atoms with Gasteiger partial charge in [0, 0.05) is 5.39 Å². The van der Waals surface area contributed by atoms with Gasteiger partial charge in [-0.2, -0.15) is 0 Å². The van der Waals surface area contributed by atoms with E-state index < -0.39 is 17.9 Å². The molecule has 0 unspecified atom stereocenters. The lowest BCUT2D eigenvalue weighted by molar-refractivity contribution is -0.138. The van der Waals surface area contributed by atoms with Gasteiger partial charge in [-0.15, -0.1) is 0 Å². The van der Waals surface area contributed by atoms with E-state index >= 15 is 0 Å². The van der Waals surface area contributed by atoms with Gasteiger partial charge in [-0.05, 0) is 18.4 Å². The summed E-state index contributed by atoms with van der Waals surface area (Å²) >= 11 is 0. The van der Waals surface area contributed by atoms with E-state index in [-0.39, 0.29) is 5.69 Å². The van der Waals surface area contributed by atoms with Crippen LogP contribution in [0.15, 0.2) is 40.9 Å². The summed E-state index contributed by atoms with van der Waals surface area (Å²) < 4.78 is 5.27. The molecule has 0 aliphatic heterocycles. The molecule has 106 valence electrons. The minimum absolute atomic E-state index is 0.0869. The first-order valence-electron chi connectivity index (χ1n) is 6.38. The molecule has 0 aliphatic rings. The number of carboxylic acid groups (broad SMARTS) is 1. The molecule has 1 heterocycles. The number of carboxylic acids is 1. The van der Waals surface area contributed by atoms with Crippen molar-refractivity contribution < 1.29 is 19.2 Å². The zero-order valence-corrected chi connectivity index (χ0v) is 11.2. The largest absolute Gasteiger partial charge is 0.480 e. The molecule has 2 N–H and O–H groups in total. The third-order valence-electron chi connectivity index (χ3n) is 3.30. The number of carbonyl (C=O) groups excluding carboxylic acids is 1. The number of rotatable bonds is 3. The maximum atomic E-state index is 12.1. The van der Waals surface area contributed by atoms with Crippen molar-refractivity contribution in [3.8, 4) is 0 Å². The van der Waals surface area contributed by atoms with Crippen LogP contribution in [-0.4, -0.2) is 28.2 Å². The van der Waals surface area contributed by atoms with Crippen molar-refractivity contribution in [2.75, 3.05) is 0 Å². The van der Waals surface area contributed by atoms with E-state index in [0.717, 1.165) is 10.8 Å². The van der Waals surface area contributed by atoms with Crippen LogP contribution >= 0.6 is 0 Å². The van der Waals surface area contributed by atoms with Gasteiger partial charge in [0.2, 0.25) is 0 Å². The van der Waals surface area contributed by atoms with Crippen molar-refractivity contribution in [3.63, 3.8) is 0 Å². The predicted octanol–water partition coefficient (Wildman–Crippen LogP) is 2.18. The smallest absolute Gasteiger partial charge is 0.325 e. The SMILES string of the molecule is C[C@H](NC(=O)c1noc2c1ccc1ccccc12)C(=O)O. The molecule has 1 amide bonds. The summed E-state index contributed by atoms with van der Waals surface area (Å²) in [7, 11) is 0. The van der Waals surface area contributed by atoms with Crippen molar-refractivity contribution in [1.82, 2.24) is 10.5 Å². The average molecular weight is 284 g/mol. The van der Waals surface area contributed by atoms with Gasteiger partial charge in [-0.3, -0.25) is 9.59 Å². The summed E-state index contributed by atoms with van der Waals surface area (Å²) in [5.41, 5.74) is 0.602. The average Bonchev–Trinajstić information content (AvgIpc) is 2.91. The van der Waals surface area contributed by atoms with Crippen LogP contribution in [0.5, 0.6) is 0 Å². The molecule has 0 saturated heterocycles. The second kappa shape index (κ2) is 4.90. The maximum Gasteiger partial charge on any atom is 0.325 e. The number of benzene rings is 2. The Labute approximate surface area is 119 Å². The molecule has 0 radical (unpaired) electrons. The van der Waals surface area contributed by atoms with Gasteiger partial charge in [0.25, 0.3) is 5.91 Å². The molecule has 0 spiro atoms. The normalized spacial score (nSPS) is 12.4. The Bertz CT molecular complexity index is 853. The van der Waals surface area contributed by atoms with Crippen LogP contribution in [0.4, 0.5) is 0 Å². The fourth-order valence-electron chi connectivity index (χ4n) is 2.16. The minimum atomic E-state index is -1.11. The molecule has 0 aliphatic carbocycles. The number of aliphatic carboxylic acids is 1. The van der Waals surface area contributed by atoms with Gasteiger partial charge in [0.05, 0.1) is 5.39 Å². The number of carbonyl (C=O) groups is 2. The van der Waals surface area contributed by atoms with Crippen LogP contribution in [0.2, 0.25) is 0 Å². The summed E-state index contributed by atoms with van der Waals surface area (Å²) in [4.78, 5) is 22.9. The Hall–Kier alpha value is -2.89.